The summed E-state index contributed by atoms with van der Waals surface area (Å²) < 4.78 is 0. The second-order valence-electron chi connectivity index (χ2n) is 5.51. The Morgan fingerprint density at radius 3 is 2.89 bits per heavy atom. The number of allylic oxidation sites excluding steroid dienone is 1. The summed E-state index contributed by atoms with van der Waals surface area (Å²) in [6, 6.07) is 0. The van der Waals surface area contributed by atoms with Crippen LogP contribution in [0, 0.1) is 11.3 Å². The quantitative estimate of drug-likeness (QED) is 0.601. The summed E-state index contributed by atoms with van der Waals surface area (Å²) in [5.41, 5.74) is -0.645. The van der Waals surface area contributed by atoms with E-state index < -0.39 is 11.4 Å². The van der Waals surface area contributed by atoms with Gasteiger partial charge in [0.1, 0.15) is 0 Å². The molecule has 2 atom stereocenters. The second kappa shape index (κ2) is 5.12. The van der Waals surface area contributed by atoms with Crippen molar-refractivity contribution in [3.63, 3.8) is 0 Å². The first-order chi connectivity index (χ1) is 8.60. The van der Waals surface area contributed by atoms with Crippen LogP contribution in [0.4, 0.5) is 0 Å². The number of amides is 1. The smallest absolute Gasteiger partial charge is 0.311 e. The van der Waals surface area contributed by atoms with Gasteiger partial charge in [0.15, 0.2) is 0 Å². The zero-order valence-corrected chi connectivity index (χ0v) is 10.7. The second-order valence-corrected chi connectivity index (χ2v) is 5.51. The monoisotopic (exact) mass is 251 g/mol. The zero-order valence-electron chi connectivity index (χ0n) is 10.7. The van der Waals surface area contributed by atoms with E-state index in [1.165, 1.54) is 0 Å². The minimum atomic E-state index is -0.716. The number of carboxylic acids is 1. The van der Waals surface area contributed by atoms with Crippen molar-refractivity contribution in [1.82, 2.24) is 4.90 Å². The number of fused-ring (bicyclic) bond motifs is 1. The molecular formula is C14H21NO3. The van der Waals surface area contributed by atoms with E-state index in [2.05, 4.69) is 6.58 Å². The minimum Gasteiger partial charge on any atom is -0.481 e. The third kappa shape index (κ3) is 2.16. The summed E-state index contributed by atoms with van der Waals surface area (Å²) >= 11 is 0. The van der Waals surface area contributed by atoms with Crippen LogP contribution in [0.1, 0.15) is 38.5 Å². The van der Waals surface area contributed by atoms with Crippen LogP contribution in [0.5, 0.6) is 0 Å². The van der Waals surface area contributed by atoms with Crippen molar-refractivity contribution in [2.45, 2.75) is 38.5 Å². The van der Waals surface area contributed by atoms with E-state index in [0.717, 1.165) is 32.1 Å². The van der Waals surface area contributed by atoms with E-state index in [-0.39, 0.29) is 11.8 Å². The summed E-state index contributed by atoms with van der Waals surface area (Å²) in [6.07, 6.45) is 6.62. The zero-order chi connectivity index (χ0) is 13.2. The lowest BCUT2D eigenvalue weighted by Crippen LogP contribution is -2.37. The van der Waals surface area contributed by atoms with E-state index in [1.54, 1.807) is 4.90 Å². The number of carbonyl (C=O) groups excluding carboxylic acids is 1. The van der Waals surface area contributed by atoms with Crippen LogP contribution < -0.4 is 0 Å². The highest BCUT2D eigenvalue weighted by Crippen LogP contribution is 2.48. The number of carboxylic acid groups (broad SMARTS) is 1. The van der Waals surface area contributed by atoms with Crippen molar-refractivity contribution in [2.24, 2.45) is 11.3 Å². The highest BCUT2D eigenvalue weighted by atomic mass is 16.4. The Hall–Kier alpha value is -1.32. The van der Waals surface area contributed by atoms with Gasteiger partial charge in [0.25, 0.3) is 0 Å². The van der Waals surface area contributed by atoms with Crippen molar-refractivity contribution >= 4 is 11.9 Å². The number of hydrogen-bond donors (Lipinski definition) is 1. The molecular weight excluding hydrogens is 230 g/mol. The van der Waals surface area contributed by atoms with Gasteiger partial charge in [-0.1, -0.05) is 12.5 Å². The topological polar surface area (TPSA) is 57.6 Å². The number of rotatable bonds is 5. The van der Waals surface area contributed by atoms with Crippen LogP contribution in [0.2, 0.25) is 0 Å². The number of likely N-dealkylation sites (tertiary alicyclic amines) is 1. The van der Waals surface area contributed by atoms with Gasteiger partial charge in [-0.2, -0.15) is 0 Å². The Kier molecular flexibility index (Phi) is 3.73. The number of nitrogens with zero attached hydrogens (tertiary/aromatic N) is 1. The predicted molar refractivity (Wildman–Crippen MR) is 68.0 cm³/mol. The molecule has 0 unspecified atom stereocenters. The molecule has 0 bridgehead atoms. The molecule has 2 aliphatic rings. The summed E-state index contributed by atoms with van der Waals surface area (Å²) in [6.45, 7) is 4.69. The SMILES string of the molecule is C=CCCCC(=O)N1C[C@@H]2CCC[C@@]2(C(=O)O)C1. The van der Waals surface area contributed by atoms with Gasteiger partial charge < -0.3 is 10.0 Å². The van der Waals surface area contributed by atoms with E-state index >= 15 is 0 Å². The minimum absolute atomic E-state index is 0.104. The average Bonchev–Trinajstić information content (AvgIpc) is 2.85. The van der Waals surface area contributed by atoms with Gasteiger partial charge in [0.2, 0.25) is 5.91 Å². The summed E-state index contributed by atoms with van der Waals surface area (Å²) in [4.78, 5) is 25.3. The van der Waals surface area contributed by atoms with Crippen LogP contribution in [-0.2, 0) is 9.59 Å². The molecule has 2 rings (SSSR count). The molecule has 1 heterocycles. The van der Waals surface area contributed by atoms with E-state index in [9.17, 15) is 14.7 Å². The van der Waals surface area contributed by atoms with Crippen LogP contribution in [-0.4, -0.2) is 35.0 Å². The van der Waals surface area contributed by atoms with Crippen molar-refractivity contribution in [2.75, 3.05) is 13.1 Å². The molecule has 4 heteroatoms. The van der Waals surface area contributed by atoms with E-state index in [1.807, 2.05) is 6.08 Å². The molecule has 100 valence electrons. The van der Waals surface area contributed by atoms with Gasteiger partial charge in [-0.25, -0.2) is 0 Å². The fourth-order valence-electron chi connectivity index (χ4n) is 3.38. The lowest BCUT2D eigenvalue weighted by atomic mass is 9.81. The maximum atomic E-state index is 12.0. The fourth-order valence-corrected chi connectivity index (χ4v) is 3.38. The third-order valence-corrected chi connectivity index (χ3v) is 4.45. The molecule has 4 nitrogen and oxygen atoms in total. The molecule has 0 spiro atoms. The predicted octanol–water partition coefficient (Wildman–Crippen LogP) is 2.06. The molecule has 1 N–H and O–H groups in total. The first kappa shape index (κ1) is 13.1. The van der Waals surface area contributed by atoms with Crippen molar-refractivity contribution in [3.05, 3.63) is 12.7 Å². The van der Waals surface area contributed by atoms with E-state index in [0.29, 0.717) is 19.5 Å². The number of unbranched alkanes of at least 4 members (excludes halogenated alkanes) is 1. The largest absolute Gasteiger partial charge is 0.481 e. The molecule has 1 amide bonds. The van der Waals surface area contributed by atoms with Crippen molar-refractivity contribution in [1.29, 1.82) is 0 Å². The van der Waals surface area contributed by atoms with Crippen LogP contribution >= 0.6 is 0 Å². The molecule has 1 saturated carbocycles. The normalized spacial score (nSPS) is 30.2. The molecule has 1 aliphatic carbocycles. The van der Waals surface area contributed by atoms with Crippen LogP contribution in [0.3, 0.4) is 0 Å². The van der Waals surface area contributed by atoms with Crippen LogP contribution in [0.15, 0.2) is 12.7 Å². The molecule has 2 fully saturated rings. The Balaban J connectivity index is 1.96. The van der Waals surface area contributed by atoms with Crippen LogP contribution in [0.25, 0.3) is 0 Å². The maximum absolute atomic E-state index is 12.0. The Morgan fingerprint density at radius 1 is 1.50 bits per heavy atom. The Bertz CT molecular complexity index is 366. The lowest BCUT2D eigenvalue weighted by molar-refractivity contribution is -0.149. The molecule has 0 aromatic rings. The molecule has 0 aromatic carbocycles. The van der Waals surface area contributed by atoms with Crippen molar-refractivity contribution < 1.29 is 14.7 Å². The van der Waals surface area contributed by atoms with Gasteiger partial charge in [0.05, 0.1) is 5.41 Å². The highest BCUT2D eigenvalue weighted by Gasteiger charge is 2.55. The van der Waals surface area contributed by atoms with Gasteiger partial charge in [-0.15, -0.1) is 6.58 Å². The first-order valence-corrected chi connectivity index (χ1v) is 6.72. The van der Waals surface area contributed by atoms with Crippen molar-refractivity contribution in [3.8, 4) is 0 Å². The van der Waals surface area contributed by atoms with Gasteiger partial charge >= 0.3 is 5.97 Å². The number of carbonyl (C=O) groups is 2. The number of hydrogen-bond acceptors (Lipinski definition) is 2. The first-order valence-electron chi connectivity index (χ1n) is 6.72. The maximum Gasteiger partial charge on any atom is 0.311 e. The molecule has 0 aromatic heterocycles. The molecule has 1 aliphatic heterocycles. The molecule has 1 saturated heterocycles. The molecule has 18 heavy (non-hydrogen) atoms. The summed E-state index contributed by atoms with van der Waals surface area (Å²) in [5, 5.41) is 9.44. The highest BCUT2D eigenvalue weighted by molar-refractivity contribution is 5.81. The number of aliphatic carboxylic acids is 1. The standard InChI is InChI=1S/C14H21NO3/c1-2-3-4-7-12(16)15-9-11-6-5-8-14(11,10-15)13(17)18/h2,11H,1,3-10H2,(H,17,18)/t11-,14+/m0/s1. The van der Waals surface area contributed by atoms with Gasteiger partial charge in [-0.3, -0.25) is 9.59 Å². The average molecular weight is 251 g/mol. The Morgan fingerprint density at radius 2 is 2.28 bits per heavy atom. The fraction of sp³-hybridized carbons (Fsp3) is 0.714. The third-order valence-electron chi connectivity index (χ3n) is 4.45. The van der Waals surface area contributed by atoms with Gasteiger partial charge in [-0.05, 0) is 31.6 Å². The Labute approximate surface area is 108 Å². The summed E-state index contributed by atoms with van der Waals surface area (Å²) in [7, 11) is 0. The lowest BCUT2D eigenvalue weighted by Gasteiger charge is -2.23. The van der Waals surface area contributed by atoms with Gasteiger partial charge in [0, 0.05) is 19.5 Å². The summed E-state index contributed by atoms with van der Waals surface area (Å²) in [5.74, 6) is -0.448. The van der Waals surface area contributed by atoms with E-state index in [4.69, 9.17) is 0 Å². The molecule has 0 radical (unpaired) electrons.